The fraction of sp³-hybridized carbons (Fsp3) is 0.333. The summed E-state index contributed by atoms with van der Waals surface area (Å²) in [5.41, 5.74) is 1.70. The molecule has 0 saturated heterocycles. The van der Waals surface area contributed by atoms with E-state index in [4.69, 9.17) is 4.74 Å². The Hall–Kier alpha value is -3.00. The van der Waals surface area contributed by atoms with E-state index in [1.54, 1.807) is 0 Å². The van der Waals surface area contributed by atoms with E-state index >= 15 is 0 Å². The topological polar surface area (TPSA) is 90.3 Å². The van der Waals surface area contributed by atoms with Crippen molar-refractivity contribution in [1.82, 2.24) is 14.9 Å². The quantitative estimate of drug-likeness (QED) is 0.601. The molecule has 0 aliphatic rings. The number of nitrogens with zero attached hydrogens (tertiary/aromatic N) is 2. The van der Waals surface area contributed by atoms with Gasteiger partial charge in [0.15, 0.2) is 6.10 Å². The molecule has 152 valence electrons. The zero-order valence-electron chi connectivity index (χ0n) is 16.6. The van der Waals surface area contributed by atoms with Gasteiger partial charge in [-0.1, -0.05) is 30.3 Å². The van der Waals surface area contributed by atoms with E-state index in [2.05, 4.69) is 10.3 Å². The molecule has 0 aliphatic heterocycles. The van der Waals surface area contributed by atoms with Crippen LogP contribution >= 0.6 is 11.3 Å². The summed E-state index contributed by atoms with van der Waals surface area (Å²) in [5.74, 6) is -1.04. The number of hydrogen-bond acceptors (Lipinski definition) is 6. The van der Waals surface area contributed by atoms with Crippen LogP contribution in [0.15, 0.2) is 41.5 Å². The monoisotopic (exact) mass is 413 g/mol. The van der Waals surface area contributed by atoms with Crippen LogP contribution in [0.25, 0.3) is 10.2 Å². The van der Waals surface area contributed by atoms with Gasteiger partial charge in [-0.2, -0.15) is 0 Å². The minimum atomic E-state index is -0.948. The number of aryl methyl sites for hydroxylation is 2. The standard InChI is InChI=1S/C21H23N3O4S/c1-13-15(3)29-20-18(13)21(27)24(12-23-20)11-17(25)28-14(2)19(26)22-10-9-16-7-5-4-6-8-16/h4-8,12,14H,9-11H2,1-3H3,(H,22,26)/t14-/m1/s1. The molecule has 0 unspecified atom stereocenters. The lowest BCUT2D eigenvalue weighted by Gasteiger charge is -2.14. The molecule has 2 heterocycles. The molecule has 2 aromatic heterocycles. The van der Waals surface area contributed by atoms with E-state index in [1.165, 1.54) is 29.2 Å². The summed E-state index contributed by atoms with van der Waals surface area (Å²) >= 11 is 1.45. The summed E-state index contributed by atoms with van der Waals surface area (Å²) in [6, 6.07) is 9.77. The third-order valence-electron chi connectivity index (χ3n) is 4.69. The number of fused-ring (bicyclic) bond motifs is 1. The number of rotatable bonds is 7. The molecule has 1 atom stereocenters. The zero-order chi connectivity index (χ0) is 21.0. The molecule has 0 bridgehead atoms. The molecule has 7 nitrogen and oxygen atoms in total. The molecular formula is C21H23N3O4S. The molecule has 0 radical (unpaired) electrons. The molecule has 3 aromatic rings. The molecule has 0 fully saturated rings. The largest absolute Gasteiger partial charge is 0.451 e. The number of aromatic nitrogens is 2. The Balaban J connectivity index is 1.55. The van der Waals surface area contributed by atoms with Crippen LogP contribution in [0.4, 0.5) is 0 Å². The summed E-state index contributed by atoms with van der Waals surface area (Å²) in [4.78, 5) is 42.9. The second-order valence-corrected chi connectivity index (χ2v) is 8.00. The van der Waals surface area contributed by atoms with Crippen molar-refractivity contribution in [2.75, 3.05) is 6.54 Å². The Kier molecular flexibility index (Phi) is 6.43. The number of esters is 1. The smallest absolute Gasteiger partial charge is 0.326 e. The van der Waals surface area contributed by atoms with E-state index in [0.29, 0.717) is 23.2 Å². The van der Waals surface area contributed by atoms with Crippen molar-refractivity contribution in [2.45, 2.75) is 39.8 Å². The number of nitrogens with one attached hydrogen (secondary N) is 1. The SMILES string of the molecule is Cc1sc2ncn(CC(=O)O[C@H](C)C(=O)NCCc3ccccc3)c(=O)c2c1C. The van der Waals surface area contributed by atoms with Crippen LogP contribution in [-0.4, -0.2) is 34.1 Å². The van der Waals surface area contributed by atoms with Gasteiger partial charge in [-0.25, -0.2) is 4.98 Å². The fourth-order valence-electron chi connectivity index (χ4n) is 2.93. The summed E-state index contributed by atoms with van der Waals surface area (Å²) in [7, 11) is 0. The molecule has 0 saturated carbocycles. The maximum absolute atomic E-state index is 12.6. The van der Waals surface area contributed by atoms with E-state index in [-0.39, 0.29) is 18.0 Å². The summed E-state index contributed by atoms with van der Waals surface area (Å²) < 4.78 is 6.40. The van der Waals surface area contributed by atoms with E-state index < -0.39 is 12.1 Å². The Morgan fingerprint density at radius 1 is 1.24 bits per heavy atom. The highest BCUT2D eigenvalue weighted by atomic mass is 32.1. The van der Waals surface area contributed by atoms with Gasteiger partial charge in [0.2, 0.25) is 0 Å². The number of thiophene rings is 1. The van der Waals surface area contributed by atoms with Gasteiger partial charge in [0.1, 0.15) is 11.4 Å². The molecule has 8 heteroatoms. The maximum Gasteiger partial charge on any atom is 0.326 e. The number of carbonyl (C=O) groups excluding carboxylic acids is 2. The van der Waals surface area contributed by atoms with Crippen LogP contribution in [0.5, 0.6) is 0 Å². The molecule has 1 aromatic carbocycles. The second kappa shape index (κ2) is 9.00. The van der Waals surface area contributed by atoms with E-state index in [0.717, 1.165) is 16.0 Å². The number of carbonyl (C=O) groups is 2. The molecule has 0 aliphatic carbocycles. The second-order valence-electron chi connectivity index (χ2n) is 6.80. The highest BCUT2D eigenvalue weighted by Gasteiger charge is 2.19. The van der Waals surface area contributed by atoms with E-state index in [9.17, 15) is 14.4 Å². The molecule has 1 N–H and O–H groups in total. The van der Waals surface area contributed by atoms with Crippen LogP contribution < -0.4 is 10.9 Å². The van der Waals surface area contributed by atoms with Crippen molar-refractivity contribution in [3.05, 3.63) is 63.0 Å². The third-order valence-corrected chi connectivity index (χ3v) is 5.80. The highest BCUT2D eigenvalue weighted by Crippen LogP contribution is 2.25. The lowest BCUT2D eigenvalue weighted by atomic mass is 10.1. The third kappa shape index (κ3) is 4.89. The first-order valence-corrected chi connectivity index (χ1v) is 10.1. The normalized spacial score (nSPS) is 12.0. The van der Waals surface area contributed by atoms with Gasteiger partial charge in [0, 0.05) is 11.4 Å². The maximum atomic E-state index is 12.6. The van der Waals surface area contributed by atoms with Gasteiger partial charge in [0.25, 0.3) is 11.5 Å². The lowest BCUT2D eigenvalue weighted by Crippen LogP contribution is -2.38. The molecule has 3 rings (SSSR count). The van der Waals surface area contributed by atoms with Gasteiger partial charge < -0.3 is 10.1 Å². The van der Waals surface area contributed by atoms with Crippen molar-refractivity contribution >= 4 is 33.4 Å². The van der Waals surface area contributed by atoms with Crippen LogP contribution in [0.3, 0.4) is 0 Å². The van der Waals surface area contributed by atoms with Crippen molar-refractivity contribution in [3.63, 3.8) is 0 Å². The first-order valence-electron chi connectivity index (χ1n) is 9.33. The summed E-state index contributed by atoms with van der Waals surface area (Å²) in [6.07, 6.45) is 1.08. The molecule has 1 amide bonds. The van der Waals surface area contributed by atoms with Crippen LogP contribution in [-0.2, 0) is 27.3 Å². The summed E-state index contributed by atoms with van der Waals surface area (Å²) in [6.45, 7) is 5.45. The number of amides is 1. The van der Waals surface area contributed by atoms with Crippen molar-refractivity contribution in [2.24, 2.45) is 0 Å². The van der Waals surface area contributed by atoms with Gasteiger partial charge in [-0.3, -0.25) is 19.0 Å². The number of ether oxygens (including phenoxy) is 1. The van der Waals surface area contributed by atoms with Crippen LogP contribution in [0, 0.1) is 13.8 Å². The van der Waals surface area contributed by atoms with Crippen molar-refractivity contribution < 1.29 is 14.3 Å². The Morgan fingerprint density at radius 3 is 2.69 bits per heavy atom. The number of hydrogen-bond donors (Lipinski definition) is 1. The van der Waals surface area contributed by atoms with Gasteiger partial charge in [0.05, 0.1) is 11.7 Å². The average Bonchev–Trinajstić information content (AvgIpc) is 2.99. The zero-order valence-corrected chi connectivity index (χ0v) is 17.4. The Bertz CT molecular complexity index is 1090. The molecule has 0 spiro atoms. The minimum absolute atomic E-state index is 0.284. The molecular weight excluding hydrogens is 390 g/mol. The first-order chi connectivity index (χ1) is 13.9. The molecule has 29 heavy (non-hydrogen) atoms. The fourth-order valence-corrected chi connectivity index (χ4v) is 3.92. The van der Waals surface area contributed by atoms with E-state index in [1.807, 2.05) is 44.2 Å². The predicted octanol–water partition coefficient (Wildman–Crippen LogP) is 2.37. The number of benzene rings is 1. The van der Waals surface area contributed by atoms with Gasteiger partial charge in [-0.15, -0.1) is 11.3 Å². The Labute approximate surface area is 172 Å². The van der Waals surface area contributed by atoms with Crippen molar-refractivity contribution in [1.29, 1.82) is 0 Å². The first kappa shape index (κ1) is 20.7. The van der Waals surface area contributed by atoms with Crippen molar-refractivity contribution in [3.8, 4) is 0 Å². The average molecular weight is 413 g/mol. The summed E-state index contributed by atoms with van der Waals surface area (Å²) in [5, 5.41) is 3.27. The van der Waals surface area contributed by atoms with Crippen LogP contribution in [0.2, 0.25) is 0 Å². The van der Waals surface area contributed by atoms with Gasteiger partial charge >= 0.3 is 5.97 Å². The Morgan fingerprint density at radius 2 is 1.97 bits per heavy atom. The lowest BCUT2D eigenvalue weighted by molar-refractivity contribution is -0.155. The predicted molar refractivity (Wildman–Crippen MR) is 112 cm³/mol. The van der Waals surface area contributed by atoms with Gasteiger partial charge in [-0.05, 0) is 38.3 Å². The highest BCUT2D eigenvalue weighted by molar-refractivity contribution is 7.18. The minimum Gasteiger partial charge on any atom is -0.451 e. The van der Waals surface area contributed by atoms with Crippen LogP contribution in [0.1, 0.15) is 22.9 Å².